The Kier molecular flexibility index (Phi) is 4.65. The van der Waals surface area contributed by atoms with E-state index in [1.807, 2.05) is 24.3 Å². The molecule has 0 aliphatic rings. The van der Waals surface area contributed by atoms with Crippen molar-refractivity contribution in [3.05, 3.63) is 52.7 Å². The fourth-order valence-corrected chi connectivity index (χ4v) is 2.19. The molecule has 110 valence electrons. The Morgan fingerprint density at radius 3 is 2.71 bits per heavy atom. The van der Waals surface area contributed by atoms with E-state index in [0.717, 1.165) is 11.3 Å². The second-order valence-corrected chi connectivity index (χ2v) is 4.87. The molecule has 5 nitrogen and oxygen atoms in total. The zero-order valence-corrected chi connectivity index (χ0v) is 12.5. The average molecular weight is 307 g/mol. The number of aromatic nitrogens is 1. The lowest BCUT2D eigenvalue weighted by atomic mass is 10.1. The van der Waals surface area contributed by atoms with Crippen molar-refractivity contribution in [1.82, 2.24) is 4.98 Å². The largest absolute Gasteiger partial charge is 0.496 e. The van der Waals surface area contributed by atoms with Crippen molar-refractivity contribution >= 4 is 23.4 Å². The smallest absolute Gasteiger partial charge is 0.339 e. The molecule has 0 saturated carbocycles. The molecule has 6 heteroatoms. The maximum atomic E-state index is 11.3. The van der Waals surface area contributed by atoms with Gasteiger partial charge in [-0.2, -0.15) is 0 Å². The molecule has 1 heterocycles. The molecule has 0 saturated heterocycles. The number of para-hydroxylation sites is 1. The summed E-state index contributed by atoms with van der Waals surface area (Å²) in [6, 6.07) is 10.5. The highest BCUT2D eigenvalue weighted by Crippen LogP contribution is 2.24. The van der Waals surface area contributed by atoms with Crippen LogP contribution >= 0.6 is 11.6 Å². The summed E-state index contributed by atoms with van der Waals surface area (Å²) < 4.78 is 5.29. The highest BCUT2D eigenvalue weighted by molar-refractivity contribution is 6.29. The predicted octanol–water partition coefficient (Wildman–Crippen LogP) is 3.08. The first kappa shape index (κ1) is 15.1. The maximum absolute atomic E-state index is 11.3. The fourth-order valence-electron chi connectivity index (χ4n) is 2.05. The van der Waals surface area contributed by atoms with Crippen LogP contribution in [0.4, 0.5) is 5.82 Å². The van der Waals surface area contributed by atoms with E-state index in [0.29, 0.717) is 12.4 Å². The molecule has 0 spiro atoms. The molecule has 2 aromatic rings. The summed E-state index contributed by atoms with van der Waals surface area (Å²) in [6.45, 7) is 0.456. The van der Waals surface area contributed by atoms with Crippen LogP contribution in [0.2, 0.25) is 5.15 Å². The molecule has 1 aromatic heterocycles. The number of nitrogens with zero attached hydrogens (tertiary/aromatic N) is 2. The highest BCUT2D eigenvalue weighted by atomic mass is 35.5. The summed E-state index contributed by atoms with van der Waals surface area (Å²) in [4.78, 5) is 17.1. The number of carbonyl (C=O) groups is 1. The molecule has 0 amide bonds. The van der Waals surface area contributed by atoms with Crippen molar-refractivity contribution in [1.29, 1.82) is 0 Å². The number of halogens is 1. The van der Waals surface area contributed by atoms with Crippen molar-refractivity contribution < 1.29 is 14.6 Å². The zero-order valence-electron chi connectivity index (χ0n) is 11.7. The molecule has 0 aliphatic carbocycles. The van der Waals surface area contributed by atoms with Gasteiger partial charge < -0.3 is 14.7 Å². The van der Waals surface area contributed by atoms with Gasteiger partial charge in [-0.25, -0.2) is 9.78 Å². The quantitative estimate of drug-likeness (QED) is 0.860. The van der Waals surface area contributed by atoms with Crippen LogP contribution in [0.1, 0.15) is 15.9 Å². The van der Waals surface area contributed by atoms with Gasteiger partial charge in [-0.15, -0.1) is 0 Å². The van der Waals surface area contributed by atoms with E-state index < -0.39 is 5.97 Å². The van der Waals surface area contributed by atoms with Gasteiger partial charge in [0.15, 0.2) is 0 Å². The van der Waals surface area contributed by atoms with E-state index in [2.05, 4.69) is 4.98 Å². The van der Waals surface area contributed by atoms with E-state index in [9.17, 15) is 9.90 Å². The Balaban J connectivity index is 2.34. The molecule has 0 radical (unpaired) electrons. The van der Waals surface area contributed by atoms with Crippen LogP contribution in [0.25, 0.3) is 0 Å². The third-order valence-corrected chi connectivity index (χ3v) is 3.24. The summed E-state index contributed by atoms with van der Waals surface area (Å²) in [7, 11) is 3.36. The first-order chi connectivity index (χ1) is 10.0. The number of ether oxygens (including phenoxy) is 1. The second-order valence-electron chi connectivity index (χ2n) is 4.48. The van der Waals surface area contributed by atoms with Crippen LogP contribution in [0.15, 0.2) is 36.4 Å². The summed E-state index contributed by atoms with van der Waals surface area (Å²) in [6.07, 6.45) is 0. The van der Waals surface area contributed by atoms with Crippen molar-refractivity contribution in [3.63, 3.8) is 0 Å². The number of benzene rings is 1. The molecular weight excluding hydrogens is 292 g/mol. The van der Waals surface area contributed by atoms with E-state index in [-0.39, 0.29) is 10.7 Å². The number of aromatic carboxylic acids is 1. The number of hydrogen-bond acceptors (Lipinski definition) is 4. The molecule has 0 atom stereocenters. The van der Waals surface area contributed by atoms with Gasteiger partial charge in [-0.3, -0.25) is 0 Å². The lowest BCUT2D eigenvalue weighted by Gasteiger charge is -2.21. The van der Waals surface area contributed by atoms with Gasteiger partial charge in [-0.05, 0) is 18.2 Å². The Morgan fingerprint density at radius 1 is 1.33 bits per heavy atom. The molecule has 2 rings (SSSR count). The minimum atomic E-state index is -1.04. The monoisotopic (exact) mass is 306 g/mol. The third kappa shape index (κ3) is 3.44. The van der Waals surface area contributed by atoms with Crippen LogP contribution in [-0.2, 0) is 6.54 Å². The van der Waals surface area contributed by atoms with Gasteiger partial charge >= 0.3 is 5.97 Å². The van der Waals surface area contributed by atoms with Gasteiger partial charge in [0, 0.05) is 19.2 Å². The van der Waals surface area contributed by atoms with Gasteiger partial charge in [0.05, 0.1) is 7.11 Å². The second kappa shape index (κ2) is 6.45. The molecular formula is C15H15ClN2O3. The lowest BCUT2D eigenvalue weighted by molar-refractivity contribution is 0.0697. The summed E-state index contributed by atoms with van der Waals surface area (Å²) in [5, 5.41) is 9.49. The van der Waals surface area contributed by atoms with Crippen molar-refractivity contribution in [2.75, 3.05) is 19.1 Å². The minimum Gasteiger partial charge on any atom is -0.496 e. The minimum absolute atomic E-state index is 0.108. The lowest BCUT2D eigenvalue weighted by Crippen LogP contribution is -2.21. The van der Waals surface area contributed by atoms with Crippen molar-refractivity contribution in [3.8, 4) is 5.75 Å². The van der Waals surface area contributed by atoms with E-state index in [4.69, 9.17) is 16.3 Å². The molecule has 1 aromatic carbocycles. The number of hydrogen-bond donors (Lipinski definition) is 1. The SMILES string of the molecule is COc1ccccc1CN(C)c1nc(Cl)ccc1C(=O)O. The van der Waals surface area contributed by atoms with E-state index in [1.165, 1.54) is 12.1 Å². The maximum Gasteiger partial charge on any atom is 0.339 e. The Labute approximate surface area is 127 Å². The fraction of sp³-hybridized carbons (Fsp3) is 0.200. The number of carboxylic acids is 1. The van der Waals surface area contributed by atoms with Gasteiger partial charge in [0.2, 0.25) is 0 Å². The number of rotatable bonds is 5. The van der Waals surface area contributed by atoms with Crippen LogP contribution < -0.4 is 9.64 Å². The number of anilines is 1. The van der Waals surface area contributed by atoms with E-state index >= 15 is 0 Å². The molecule has 21 heavy (non-hydrogen) atoms. The molecule has 0 fully saturated rings. The van der Waals surface area contributed by atoms with Gasteiger partial charge in [0.1, 0.15) is 22.3 Å². The summed E-state index contributed by atoms with van der Waals surface area (Å²) >= 11 is 5.87. The van der Waals surface area contributed by atoms with Crippen LogP contribution in [0.3, 0.4) is 0 Å². The number of pyridine rings is 1. The molecule has 0 bridgehead atoms. The zero-order chi connectivity index (χ0) is 15.4. The normalized spacial score (nSPS) is 10.2. The van der Waals surface area contributed by atoms with Crippen molar-refractivity contribution in [2.45, 2.75) is 6.54 Å². The van der Waals surface area contributed by atoms with E-state index in [1.54, 1.807) is 19.1 Å². The van der Waals surface area contributed by atoms with Crippen LogP contribution in [0, 0.1) is 0 Å². The highest BCUT2D eigenvalue weighted by Gasteiger charge is 2.17. The number of carboxylic acid groups (broad SMARTS) is 1. The first-order valence-corrected chi connectivity index (χ1v) is 6.63. The van der Waals surface area contributed by atoms with Crippen molar-refractivity contribution in [2.24, 2.45) is 0 Å². The first-order valence-electron chi connectivity index (χ1n) is 6.25. The Hall–Kier alpha value is -2.27. The van der Waals surface area contributed by atoms with Crippen LogP contribution in [0.5, 0.6) is 5.75 Å². The molecule has 0 aliphatic heterocycles. The number of methoxy groups -OCH3 is 1. The van der Waals surface area contributed by atoms with Gasteiger partial charge in [0.25, 0.3) is 0 Å². The molecule has 0 unspecified atom stereocenters. The van der Waals surface area contributed by atoms with Gasteiger partial charge in [-0.1, -0.05) is 29.8 Å². The topological polar surface area (TPSA) is 62.7 Å². The van der Waals surface area contributed by atoms with Crippen LogP contribution in [-0.4, -0.2) is 30.2 Å². The third-order valence-electron chi connectivity index (χ3n) is 3.03. The standard InChI is InChI=1S/C15H15ClN2O3/c1-18(9-10-5-3-4-6-12(10)21-2)14-11(15(19)20)7-8-13(16)17-14/h3-8H,9H2,1-2H3,(H,19,20). The molecule has 1 N–H and O–H groups in total. The Morgan fingerprint density at radius 2 is 2.05 bits per heavy atom. The average Bonchev–Trinajstić information content (AvgIpc) is 2.47. The summed E-state index contributed by atoms with van der Waals surface area (Å²) in [5.74, 6) is 0.0187. The predicted molar refractivity (Wildman–Crippen MR) is 81.3 cm³/mol. The summed E-state index contributed by atoms with van der Waals surface area (Å²) in [5.41, 5.74) is 1.04. The Bertz CT molecular complexity index is 661.